The van der Waals surface area contributed by atoms with Crippen LogP contribution < -0.4 is 5.32 Å². The van der Waals surface area contributed by atoms with E-state index < -0.39 is 0 Å². The Labute approximate surface area is 123 Å². The molecule has 1 aliphatic heterocycles. The highest BCUT2D eigenvalue weighted by molar-refractivity contribution is 6.00. The highest BCUT2D eigenvalue weighted by atomic mass is 16.3. The second-order valence-electron chi connectivity index (χ2n) is 5.30. The molecule has 21 heavy (non-hydrogen) atoms. The number of nitrogens with one attached hydrogen (secondary N) is 1. The van der Waals surface area contributed by atoms with Crippen LogP contribution in [0.5, 0.6) is 0 Å². The van der Waals surface area contributed by atoms with Gasteiger partial charge in [-0.2, -0.15) is 0 Å². The number of aromatic nitrogens is 1. The maximum absolute atomic E-state index is 12.7. The van der Waals surface area contributed by atoms with Crippen molar-refractivity contribution in [3.63, 3.8) is 0 Å². The molecule has 0 spiro atoms. The first-order valence-electron chi connectivity index (χ1n) is 7.24. The summed E-state index contributed by atoms with van der Waals surface area (Å²) in [4.78, 5) is 18.8. The zero-order valence-electron chi connectivity index (χ0n) is 12.0. The van der Waals surface area contributed by atoms with Crippen LogP contribution in [0, 0.1) is 0 Å². The maximum Gasteiger partial charge on any atom is 0.272 e. The van der Waals surface area contributed by atoms with Crippen LogP contribution in [0.4, 0.5) is 5.82 Å². The van der Waals surface area contributed by atoms with Gasteiger partial charge in [-0.25, -0.2) is 4.98 Å². The van der Waals surface area contributed by atoms with Crippen LogP contribution in [-0.2, 0) is 0 Å². The van der Waals surface area contributed by atoms with Crippen molar-refractivity contribution in [1.82, 2.24) is 9.88 Å². The standard InChI is InChI=1S/C16H19N3O2/c1-17-15-13-7-3-2-5-11(13)9-14(18-15)16(21)19-8-4-6-12(19)10-20/h2-3,5,7,9,12,20H,4,6,8,10H2,1H3,(H,17,18). The second-order valence-corrected chi connectivity index (χ2v) is 5.30. The van der Waals surface area contributed by atoms with Gasteiger partial charge in [0, 0.05) is 19.0 Å². The van der Waals surface area contributed by atoms with Crippen LogP contribution in [-0.4, -0.2) is 47.1 Å². The minimum Gasteiger partial charge on any atom is -0.394 e. The molecule has 2 aromatic rings. The summed E-state index contributed by atoms with van der Waals surface area (Å²) >= 11 is 0. The minimum atomic E-state index is -0.103. The normalized spacial score (nSPS) is 18.2. The Balaban J connectivity index is 2.02. The van der Waals surface area contributed by atoms with Crippen molar-refractivity contribution in [1.29, 1.82) is 0 Å². The Morgan fingerprint density at radius 1 is 1.48 bits per heavy atom. The molecule has 0 aliphatic carbocycles. The van der Waals surface area contributed by atoms with Crippen molar-refractivity contribution in [2.45, 2.75) is 18.9 Å². The van der Waals surface area contributed by atoms with Crippen LogP contribution in [0.15, 0.2) is 30.3 Å². The van der Waals surface area contributed by atoms with Gasteiger partial charge in [0.1, 0.15) is 11.5 Å². The number of benzene rings is 1. The number of amides is 1. The summed E-state index contributed by atoms with van der Waals surface area (Å²) in [6, 6.07) is 9.60. The van der Waals surface area contributed by atoms with E-state index in [0.717, 1.165) is 23.6 Å². The number of fused-ring (bicyclic) bond motifs is 1. The molecule has 0 radical (unpaired) electrons. The second kappa shape index (κ2) is 5.69. The van der Waals surface area contributed by atoms with Gasteiger partial charge in [0.15, 0.2) is 0 Å². The summed E-state index contributed by atoms with van der Waals surface area (Å²) in [7, 11) is 1.80. The van der Waals surface area contributed by atoms with Gasteiger partial charge >= 0.3 is 0 Å². The van der Waals surface area contributed by atoms with Gasteiger partial charge < -0.3 is 15.3 Å². The number of aliphatic hydroxyl groups excluding tert-OH is 1. The first-order valence-corrected chi connectivity index (χ1v) is 7.24. The van der Waals surface area contributed by atoms with E-state index in [1.165, 1.54) is 0 Å². The predicted octanol–water partition coefficient (Wildman–Crippen LogP) is 1.87. The molecule has 1 aromatic carbocycles. The third-order valence-electron chi connectivity index (χ3n) is 4.05. The van der Waals surface area contributed by atoms with E-state index in [0.29, 0.717) is 18.1 Å². The molecular weight excluding hydrogens is 266 g/mol. The Hall–Kier alpha value is -2.14. The Morgan fingerprint density at radius 3 is 3.05 bits per heavy atom. The fourth-order valence-electron chi connectivity index (χ4n) is 2.94. The zero-order chi connectivity index (χ0) is 14.8. The molecule has 1 aliphatic rings. The molecular formula is C16H19N3O2. The van der Waals surface area contributed by atoms with Crippen molar-refractivity contribution in [2.75, 3.05) is 25.5 Å². The lowest BCUT2D eigenvalue weighted by molar-refractivity contribution is 0.0672. The van der Waals surface area contributed by atoms with E-state index in [1.54, 1.807) is 11.9 Å². The number of carbonyl (C=O) groups excluding carboxylic acids is 1. The van der Waals surface area contributed by atoms with Crippen molar-refractivity contribution < 1.29 is 9.90 Å². The lowest BCUT2D eigenvalue weighted by Gasteiger charge is -2.23. The highest BCUT2D eigenvalue weighted by Gasteiger charge is 2.29. The largest absolute Gasteiger partial charge is 0.394 e. The number of likely N-dealkylation sites (tertiary alicyclic amines) is 1. The molecule has 1 amide bonds. The molecule has 110 valence electrons. The van der Waals surface area contributed by atoms with Crippen molar-refractivity contribution in [3.05, 3.63) is 36.0 Å². The molecule has 1 fully saturated rings. The predicted molar refractivity (Wildman–Crippen MR) is 82.4 cm³/mol. The third kappa shape index (κ3) is 2.45. The van der Waals surface area contributed by atoms with Gasteiger partial charge in [0.05, 0.1) is 12.6 Å². The van der Waals surface area contributed by atoms with E-state index in [9.17, 15) is 9.90 Å². The van der Waals surface area contributed by atoms with Crippen LogP contribution in [0.2, 0.25) is 0 Å². The first-order chi connectivity index (χ1) is 10.2. The van der Waals surface area contributed by atoms with E-state index in [1.807, 2.05) is 30.3 Å². The number of hydrogen-bond acceptors (Lipinski definition) is 4. The molecule has 1 unspecified atom stereocenters. The number of hydrogen-bond donors (Lipinski definition) is 2. The number of rotatable bonds is 3. The molecule has 0 bridgehead atoms. The summed E-state index contributed by atoms with van der Waals surface area (Å²) in [6.45, 7) is 0.700. The Morgan fingerprint density at radius 2 is 2.29 bits per heavy atom. The van der Waals surface area contributed by atoms with Gasteiger partial charge in [-0.05, 0) is 24.3 Å². The van der Waals surface area contributed by atoms with Crippen molar-refractivity contribution >= 4 is 22.5 Å². The van der Waals surface area contributed by atoms with Crippen LogP contribution in [0.3, 0.4) is 0 Å². The lowest BCUT2D eigenvalue weighted by Crippen LogP contribution is -2.38. The minimum absolute atomic E-state index is 0.0121. The first kappa shape index (κ1) is 13.8. The molecule has 1 saturated heterocycles. The van der Waals surface area contributed by atoms with E-state index in [2.05, 4.69) is 10.3 Å². The number of pyridine rings is 1. The van der Waals surface area contributed by atoms with E-state index in [-0.39, 0.29) is 18.6 Å². The molecule has 5 nitrogen and oxygen atoms in total. The van der Waals surface area contributed by atoms with Gasteiger partial charge in [0.2, 0.25) is 0 Å². The van der Waals surface area contributed by atoms with Crippen LogP contribution in [0.1, 0.15) is 23.3 Å². The lowest BCUT2D eigenvalue weighted by atomic mass is 10.1. The number of aliphatic hydroxyl groups is 1. The maximum atomic E-state index is 12.7. The highest BCUT2D eigenvalue weighted by Crippen LogP contribution is 2.25. The van der Waals surface area contributed by atoms with Gasteiger partial charge in [-0.3, -0.25) is 4.79 Å². The van der Waals surface area contributed by atoms with E-state index in [4.69, 9.17) is 0 Å². The summed E-state index contributed by atoms with van der Waals surface area (Å²) in [5.74, 6) is 0.602. The topological polar surface area (TPSA) is 65.5 Å². The monoisotopic (exact) mass is 285 g/mol. The molecule has 2 heterocycles. The molecule has 1 aromatic heterocycles. The zero-order valence-corrected chi connectivity index (χ0v) is 12.0. The molecule has 3 rings (SSSR count). The molecule has 1 atom stereocenters. The Bertz CT molecular complexity index is 672. The summed E-state index contributed by atoms with van der Waals surface area (Å²) in [6.07, 6.45) is 1.79. The summed E-state index contributed by atoms with van der Waals surface area (Å²) in [5, 5.41) is 14.4. The fourth-order valence-corrected chi connectivity index (χ4v) is 2.94. The third-order valence-corrected chi connectivity index (χ3v) is 4.05. The molecule has 5 heteroatoms. The number of anilines is 1. The quantitative estimate of drug-likeness (QED) is 0.903. The number of carbonyl (C=O) groups is 1. The van der Waals surface area contributed by atoms with Gasteiger partial charge in [-0.15, -0.1) is 0 Å². The van der Waals surface area contributed by atoms with Crippen molar-refractivity contribution in [3.8, 4) is 0 Å². The van der Waals surface area contributed by atoms with Crippen LogP contribution >= 0.6 is 0 Å². The van der Waals surface area contributed by atoms with Crippen molar-refractivity contribution in [2.24, 2.45) is 0 Å². The molecule has 2 N–H and O–H groups in total. The fraction of sp³-hybridized carbons (Fsp3) is 0.375. The SMILES string of the molecule is CNc1nc(C(=O)N2CCCC2CO)cc2ccccc12. The summed E-state index contributed by atoms with van der Waals surface area (Å²) in [5.41, 5.74) is 0.429. The number of nitrogens with zero attached hydrogens (tertiary/aromatic N) is 2. The average molecular weight is 285 g/mol. The summed E-state index contributed by atoms with van der Waals surface area (Å²) < 4.78 is 0. The van der Waals surface area contributed by atoms with Gasteiger partial charge in [-0.1, -0.05) is 24.3 Å². The Kier molecular flexibility index (Phi) is 3.75. The van der Waals surface area contributed by atoms with Gasteiger partial charge in [0.25, 0.3) is 5.91 Å². The van der Waals surface area contributed by atoms with Crippen LogP contribution in [0.25, 0.3) is 10.8 Å². The average Bonchev–Trinajstić information content (AvgIpc) is 3.01. The van der Waals surface area contributed by atoms with E-state index >= 15 is 0 Å². The smallest absolute Gasteiger partial charge is 0.272 e. The molecule has 0 saturated carbocycles.